The van der Waals surface area contributed by atoms with Crippen LogP contribution < -0.4 is 10.2 Å². The molecule has 0 saturated heterocycles. The third-order valence-corrected chi connectivity index (χ3v) is 3.99. The molecule has 1 aromatic carbocycles. The molecule has 0 spiro atoms. The Morgan fingerprint density at radius 3 is 2.35 bits per heavy atom. The van der Waals surface area contributed by atoms with Crippen LogP contribution in [-0.4, -0.2) is 7.05 Å². The smallest absolute Gasteiger partial charge is 0.0487 e. The predicted octanol–water partition coefficient (Wildman–Crippen LogP) is 4.05. The van der Waals surface area contributed by atoms with Gasteiger partial charge >= 0.3 is 0 Å². The van der Waals surface area contributed by atoms with Gasteiger partial charge in [-0.05, 0) is 12.1 Å². The molecule has 0 N–H and O–H groups in total. The van der Waals surface area contributed by atoms with Crippen molar-refractivity contribution in [2.75, 3.05) is 11.9 Å². The van der Waals surface area contributed by atoms with Crippen molar-refractivity contribution in [3.63, 3.8) is 0 Å². The molecule has 0 fully saturated rings. The number of hydrogen-bond donors (Lipinski definition) is 0. The lowest BCUT2D eigenvalue weighted by Crippen LogP contribution is -2.24. The summed E-state index contributed by atoms with van der Waals surface area (Å²) in [6, 6.07) is 8.47. The number of likely N-dealkylation sites (N-methyl/N-ethyl adjacent to an activating group) is 1. The summed E-state index contributed by atoms with van der Waals surface area (Å²) < 4.78 is 0. The van der Waals surface area contributed by atoms with E-state index >= 15 is 0 Å². The molecule has 2 rings (SSSR count). The summed E-state index contributed by atoms with van der Waals surface area (Å²) in [7, 11) is 2.76. The zero-order chi connectivity index (χ0) is 12.8. The molecular formula is C15H20NP. The van der Waals surface area contributed by atoms with Gasteiger partial charge in [-0.25, -0.2) is 0 Å². The first-order valence-corrected chi connectivity index (χ1v) is 6.87. The van der Waals surface area contributed by atoms with Crippen LogP contribution in [0.2, 0.25) is 0 Å². The summed E-state index contributed by atoms with van der Waals surface area (Å²) in [4.78, 5) is 2.18. The summed E-state index contributed by atoms with van der Waals surface area (Å²) in [6.07, 6.45) is 3.84. The zero-order valence-corrected chi connectivity index (χ0v) is 11.8. The van der Waals surface area contributed by atoms with Gasteiger partial charge in [0.15, 0.2) is 0 Å². The molecule has 0 radical (unpaired) electrons. The van der Waals surface area contributed by atoms with Crippen LogP contribution in [0.25, 0.3) is 0 Å². The molecule has 0 saturated carbocycles. The van der Waals surface area contributed by atoms with E-state index in [4.69, 9.17) is 0 Å². The largest absolute Gasteiger partial charge is 0.344 e. The van der Waals surface area contributed by atoms with Gasteiger partial charge in [-0.15, -0.1) is 0 Å². The maximum Gasteiger partial charge on any atom is 0.0487 e. The number of fused-ring (bicyclic) bond motifs is 1. The number of nitrogens with zero attached hydrogens (tertiary/aromatic N) is 1. The Kier molecular flexibility index (Phi) is 5.18. The molecule has 1 aliphatic rings. The predicted molar refractivity (Wildman–Crippen MR) is 81.6 cm³/mol. The summed E-state index contributed by atoms with van der Waals surface area (Å²) in [5.41, 5.74) is 2.44. The first kappa shape index (κ1) is 13.7. The summed E-state index contributed by atoms with van der Waals surface area (Å²) >= 11 is 0. The molecule has 0 aromatic heterocycles. The van der Waals surface area contributed by atoms with Gasteiger partial charge in [-0.2, -0.15) is 0 Å². The average molecular weight is 245 g/mol. The average Bonchev–Trinajstić information content (AvgIpc) is 2.41. The minimum absolute atomic E-state index is 0.686. The Morgan fingerprint density at radius 2 is 1.76 bits per heavy atom. The fourth-order valence-corrected chi connectivity index (χ4v) is 3.14. The molecule has 0 aliphatic carbocycles. The van der Waals surface area contributed by atoms with Crippen LogP contribution in [0.5, 0.6) is 0 Å². The van der Waals surface area contributed by atoms with Crippen molar-refractivity contribution < 1.29 is 0 Å². The lowest BCUT2D eigenvalue weighted by molar-refractivity contribution is 1.14. The Bertz CT molecular complexity index is 446. The summed E-state index contributed by atoms with van der Waals surface area (Å²) in [5, 5.41) is 2.65. The first-order valence-electron chi connectivity index (χ1n) is 5.87. The van der Waals surface area contributed by atoms with Crippen molar-refractivity contribution >= 4 is 19.6 Å². The highest BCUT2D eigenvalue weighted by atomic mass is 31.1. The van der Waals surface area contributed by atoms with Crippen molar-refractivity contribution in [1.29, 1.82) is 0 Å². The minimum Gasteiger partial charge on any atom is -0.344 e. The van der Waals surface area contributed by atoms with Crippen LogP contribution in [0.4, 0.5) is 5.69 Å². The van der Waals surface area contributed by atoms with E-state index in [9.17, 15) is 0 Å². The van der Waals surface area contributed by atoms with Gasteiger partial charge in [0.2, 0.25) is 0 Å². The van der Waals surface area contributed by atoms with E-state index in [0.29, 0.717) is 8.58 Å². The fraction of sp³-hybridized carbons (Fsp3) is 0.200. The Labute approximate surface area is 106 Å². The fourth-order valence-electron chi connectivity index (χ4n) is 1.79. The third kappa shape index (κ3) is 2.68. The van der Waals surface area contributed by atoms with Crippen LogP contribution in [0.3, 0.4) is 0 Å². The quantitative estimate of drug-likeness (QED) is 0.710. The molecule has 1 nitrogen and oxygen atoms in total. The molecule has 0 bridgehead atoms. The monoisotopic (exact) mass is 245 g/mol. The van der Waals surface area contributed by atoms with Crippen molar-refractivity contribution in [3.05, 3.63) is 60.6 Å². The van der Waals surface area contributed by atoms with Crippen molar-refractivity contribution in [2.45, 2.75) is 13.8 Å². The van der Waals surface area contributed by atoms with Crippen molar-refractivity contribution in [3.8, 4) is 0 Å². The Balaban J connectivity index is 0.000000686. The summed E-state index contributed by atoms with van der Waals surface area (Å²) in [5.74, 6) is 0. The van der Waals surface area contributed by atoms with Crippen LogP contribution in [0, 0.1) is 0 Å². The molecular weight excluding hydrogens is 225 g/mol. The topological polar surface area (TPSA) is 3.24 Å². The number of benzene rings is 1. The highest BCUT2D eigenvalue weighted by Gasteiger charge is 2.18. The minimum atomic E-state index is 0.686. The number of rotatable bonds is 2. The van der Waals surface area contributed by atoms with E-state index in [1.165, 1.54) is 22.0 Å². The van der Waals surface area contributed by atoms with Gasteiger partial charge in [-0.3, -0.25) is 0 Å². The lowest BCUT2D eigenvalue weighted by atomic mass is 10.2. The van der Waals surface area contributed by atoms with Crippen molar-refractivity contribution in [1.82, 2.24) is 0 Å². The van der Waals surface area contributed by atoms with Crippen LogP contribution in [0.15, 0.2) is 60.6 Å². The van der Waals surface area contributed by atoms with Gasteiger partial charge in [0.05, 0.1) is 0 Å². The van der Waals surface area contributed by atoms with E-state index in [0.717, 1.165) is 0 Å². The zero-order valence-electron chi connectivity index (χ0n) is 10.8. The van der Waals surface area contributed by atoms with Gasteiger partial charge < -0.3 is 4.90 Å². The molecule has 1 aliphatic heterocycles. The second-order valence-electron chi connectivity index (χ2n) is 3.41. The molecule has 1 aromatic rings. The first-order chi connectivity index (χ1) is 8.27. The third-order valence-electron chi connectivity index (χ3n) is 2.57. The SMILES string of the molecule is C=CC1=C(C=C)N(C)c2ccccc2P1.CC. The lowest BCUT2D eigenvalue weighted by Gasteiger charge is -2.30. The second kappa shape index (κ2) is 6.42. The van der Waals surface area contributed by atoms with Gasteiger partial charge in [0.1, 0.15) is 0 Å². The van der Waals surface area contributed by atoms with E-state index in [2.05, 4.69) is 49.4 Å². The molecule has 2 heteroatoms. The molecule has 17 heavy (non-hydrogen) atoms. The van der Waals surface area contributed by atoms with Crippen LogP contribution >= 0.6 is 8.58 Å². The van der Waals surface area contributed by atoms with E-state index in [-0.39, 0.29) is 0 Å². The molecule has 0 amide bonds. The maximum absolute atomic E-state index is 3.86. The normalized spacial score (nSPS) is 14.9. The van der Waals surface area contributed by atoms with Crippen LogP contribution in [-0.2, 0) is 0 Å². The van der Waals surface area contributed by atoms with Crippen molar-refractivity contribution in [2.24, 2.45) is 0 Å². The van der Waals surface area contributed by atoms with Gasteiger partial charge in [0.25, 0.3) is 0 Å². The number of hydrogen-bond acceptors (Lipinski definition) is 1. The highest BCUT2D eigenvalue weighted by Crippen LogP contribution is 2.38. The highest BCUT2D eigenvalue weighted by molar-refractivity contribution is 7.52. The number of anilines is 1. The Hall–Kier alpha value is -1.33. The second-order valence-corrected chi connectivity index (χ2v) is 4.74. The van der Waals surface area contributed by atoms with Gasteiger partial charge in [0, 0.05) is 29.1 Å². The summed E-state index contributed by atoms with van der Waals surface area (Å²) in [6.45, 7) is 11.7. The molecule has 1 atom stereocenters. The molecule has 90 valence electrons. The van der Waals surface area contributed by atoms with Gasteiger partial charge in [-0.1, -0.05) is 59.9 Å². The molecule has 1 heterocycles. The molecule has 1 unspecified atom stereocenters. The Morgan fingerprint density at radius 1 is 1.12 bits per heavy atom. The van der Waals surface area contributed by atoms with E-state index < -0.39 is 0 Å². The number of para-hydroxylation sites is 1. The standard InChI is InChI=1S/C13H14NP.C2H6/c1-4-10-12(5-2)15-13-9-7-6-8-11(13)14(10)3;1-2/h4-9,15H,1-2H2,3H3;1-2H3. The van der Waals surface area contributed by atoms with Crippen LogP contribution in [0.1, 0.15) is 13.8 Å². The van der Waals surface area contributed by atoms with E-state index in [1.807, 2.05) is 26.0 Å². The van der Waals surface area contributed by atoms with E-state index in [1.54, 1.807) is 0 Å². The number of allylic oxidation sites excluding steroid dienone is 3. The maximum atomic E-state index is 3.86.